The summed E-state index contributed by atoms with van der Waals surface area (Å²) in [4.78, 5) is 96.9. The molecule has 0 bridgehead atoms. The molecule has 0 saturated heterocycles. The summed E-state index contributed by atoms with van der Waals surface area (Å²) in [5, 5.41) is 45.2. The van der Waals surface area contributed by atoms with Gasteiger partial charge in [-0.3, -0.25) is 24.0 Å². The fourth-order valence-electron chi connectivity index (χ4n) is 8.31. The number of esters is 1. The average molecular weight is 789 g/mol. The molecule has 55 heavy (non-hydrogen) atoms. The van der Waals surface area contributed by atoms with Crippen molar-refractivity contribution in [2.24, 2.45) is 40.2 Å². The molecule has 0 heterocycles. The lowest BCUT2D eigenvalue weighted by molar-refractivity contribution is -0.790. The second-order valence-corrected chi connectivity index (χ2v) is 14.2. The van der Waals surface area contributed by atoms with Crippen LogP contribution in [0.15, 0.2) is 23.8 Å². The summed E-state index contributed by atoms with van der Waals surface area (Å²) in [6, 6.07) is -0.294. The van der Waals surface area contributed by atoms with Gasteiger partial charge in [0, 0.05) is 29.7 Å². The fraction of sp³-hybridized carbons (Fsp3) is 0.727. The van der Waals surface area contributed by atoms with Gasteiger partial charge in [-0.15, -0.1) is 30.3 Å². The third-order valence-electron chi connectivity index (χ3n) is 10.4. The third-order valence-corrected chi connectivity index (χ3v) is 10.4. The second kappa shape index (κ2) is 21.0. The number of aliphatic carboxylic acids is 1. The number of aliphatic hydroxyl groups is 1. The van der Waals surface area contributed by atoms with Crippen molar-refractivity contribution in [3.8, 4) is 0 Å². The number of nitrogens with two attached hydrogens (primary N) is 1. The highest BCUT2D eigenvalue weighted by molar-refractivity contribution is 6.01. The van der Waals surface area contributed by atoms with Crippen LogP contribution in [0.3, 0.4) is 0 Å². The molecule has 4 N–H and O–H groups in total. The molecule has 0 radical (unpaired) electrons. The van der Waals surface area contributed by atoms with Crippen molar-refractivity contribution in [1.82, 2.24) is 0 Å². The van der Waals surface area contributed by atoms with Crippen LogP contribution in [-0.2, 0) is 48.0 Å². The van der Waals surface area contributed by atoms with E-state index in [1.54, 1.807) is 19.1 Å². The van der Waals surface area contributed by atoms with Crippen LogP contribution in [0.2, 0.25) is 0 Å². The van der Waals surface area contributed by atoms with Crippen molar-refractivity contribution in [1.29, 1.82) is 0 Å². The maximum atomic E-state index is 13.0. The Morgan fingerprint density at radius 3 is 2.31 bits per heavy atom. The van der Waals surface area contributed by atoms with Gasteiger partial charge in [-0.2, -0.15) is 0 Å². The maximum absolute atomic E-state index is 13.0. The van der Waals surface area contributed by atoms with E-state index in [1.165, 1.54) is 0 Å². The predicted octanol–water partition coefficient (Wildman–Crippen LogP) is 1.74. The molecule has 0 aliphatic heterocycles. The normalized spacial score (nSPS) is 28.2. The summed E-state index contributed by atoms with van der Waals surface area (Å²) < 4.78 is 9.32. The van der Waals surface area contributed by atoms with Crippen LogP contribution in [0.4, 0.5) is 0 Å². The molecule has 22 heteroatoms. The van der Waals surface area contributed by atoms with Crippen LogP contribution in [0.1, 0.15) is 72.1 Å². The molecule has 3 fully saturated rings. The first-order chi connectivity index (χ1) is 25.7. The number of ether oxygens (including phenoxy) is 2. The Labute approximate surface area is 314 Å². The van der Waals surface area contributed by atoms with E-state index in [-0.39, 0.29) is 79.2 Å². The minimum atomic E-state index is -1.32. The van der Waals surface area contributed by atoms with Crippen LogP contribution in [-0.4, -0.2) is 100 Å². The number of nitrogens with zero attached hydrogens (tertiary/aromatic N) is 3. The number of fused-ring (bicyclic) bond motifs is 5. The molecule has 3 saturated carbocycles. The van der Waals surface area contributed by atoms with Gasteiger partial charge in [0.2, 0.25) is 0 Å². The van der Waals surface area contributed by atoms with Crippen LogP contribution in [0.5, 0.6) is 0 Å². The lowest BCUT2D eigenvalue weighted by Crippen LogP contribution is -2.56. The van der Waals surface area contributed by atoms with E-state index in [0.717, 1.165) is 31.3 Å². The van der Waals surface area contributed by atoms with Crippen molar-refractivity contribution in [3.05, 3.63) is 54.1 Å². The molecular formula is C33H48N4O18. The van der Waals surface area contributed by atoms with Crippen molar-refractivity contribution in [2.75, 3.05) is 26.4 Å². The number of carbonyl (C=O) groups is 5. The molecule has 0 aromatic heterocycles. The average Bonchev–Trinajstić information content (AvgIpc) is 3.43. The van der Waals surface area contributed by atoms with E-state index in [9.17, 15) is 59.4 Å². The standard InChI is InChI=1S/C25H35NO5.C4H6N2O8.C4H7NO5/c1-14(26)10-22(30)31-13-21(29)19-7-6-18-17-5-4-15-11-16(27)8-9-24(15,2)23(17)20(28)12-25(18,19)3;7-3-12-1-4(14-6(10)11)2-13-5(8)9;6-4(7)2-1-3-10-5(8)9/h8-9,11,14,17-20,23,28H,4-7,10,12-13,26H2,1-3H3;3-4H,1-2H2;1-3H2,(H,6,7). The Balaban J connectivity index is 0.000000361. The van der Waals surface area contributed by atoms with Crippen LogP contribution < -0.4 is 5.73 Å². The topological polar surface area (TPSA) is 327 Å². The first-order valence-corrected chi connectivity index (χ1v) is 17.4. The molecule has 9 atom stereocenters. The Bertz CT molecular complexity index is 1470. The molecule has 0 amide bonds. The Hall–Kier alpha value is -5.25. The monoisotopic (exact) mass is 788 g/mol. The van der Waals surface area contributed by atoms with Crippen molar-refractivity contribution < 1.29 is 73.4 Å². The summed E-state index contributed by atoms with van der Waals surface area (Å²) in [5.41, 5.74) is 6.17. The van der Waals surface area contributed by atoms with Gasteiger partial charge < -0.3 is 39.9 Å². The molecule has 0 aromatic rings. The van der Waals surface area contributed by atoms with Gasteiger partial charge in [0.25, 0.3) is 21.7 Å². The zero-order chi connectivity index (χ0) is 41.5. The zero-order valence-electron chi connectivity index (χ0n) is 30.7. The van der Waals surface area contributed by atoms with Crippen LogP contribution >= 0.6 is 0 Å². The molecule has 308 valence electrons. The lowest BCUT2D eigenvalue weighted by Gasteiger charge is -2.58. The molecule has 9 unspecified atom stereocenters. The van der Waals surface area contributed by atoms with Crippen molar-refractivity contribution in [2.45, 2.75) is 90.4 Å². The maximum Gasteiger partial charge on any atom is 0.307 e. The summed E-state index contributed by atoms with van der Waals surface area (Å²) in [6.45, 7) is 4.50. The molecular weight excluding hydrogens is 740 g/mol. The number of carboxylic acids is 1. The number of allylic oxidation sites excluding steroid dienone is 4. The highest BCUT2D eigenvalue weighted by Gasteiger charge is 2.62. The van der Waals surface area contributed by atoms with E-state index >= 15 is 0 Å². The largest absolute Gasteiger partial charge is 0.481 e. The Morgan fingerprint density at radius 2 is 1.73 bits per heavy atom. The number of carbonyl (C=O) groups excluding carboxylic acids is 4. The number of hydrogen-bond acceptors (Lipinski definition) is 18. The fourth-order valence-corrected chi connectivity index (χ4v) is 8.31. The number of aliphatic hydroxyl groups excluding tert-OH is 1. The number of Topliss-reactive ketones (excluding diaryl/α,β-unsaturated/α-hetero) is 1. The second-order valence-electron chi connectivity index (χ2n) is 14.2. The van der Waals surface area contributed by atoms with E-state index in [4.69, 9.17) is 15.6 Å². The van der Waals surface area contributed by atoms with E-state index in [1.807, 2.05) is 6.08 Å². The van der Waals surface area contributed by atoms with Gasteiger partial charge in [0.15, 0.2) is 17.7 Å². The van der Waals surface area contributed by atoms with Gasteiger partial charge in [-0.05, 0) is 74.9 Å². The van der Waals surface area contributed by atoms with Gasteiger partial charge in [-0.1, -0.05) is 25.5 Å². The van der Waals surface area contributed by atoms with Gasteiger partial charge >= 0.3 is 11.9 Å². The van der Waals surface area contributed by atoms with E-state index in [0.29, 0.717) is 18.3 Å². The van der Waals surface area contributed by atoms with Crippen LogP contribution in [0.25, 0.3) is 0 Å². The van der Waals surface area contributed by atoms with Gasteiger partial charge in [0.05, 0.1) is 19.1 Å². The Kier molecular flexibility index (Phi) is 17.5. The highest BCUT2D eigenvalue weighted by atomic mass is 17.0. The molecule has 22 nitrogen and oxygen atoms in total. The molecule has 4 aliphatic rings. The summed E-state index contributed by atoms with van der Waals surface area (Å²) >= 11 is 0. The summed E-state index contributed by atoms with van der Waals surface area (Å²) in [5.74, 6) is -0.911. The molecule has 4 rings (SSSR count). The quantitative estimate of drug-likeness (QED) is 0.0585. The highest BCUT2D eigenvalue weighted by Crippen LogP contribution is 2.66. The minimum Gasteiger partial charge on any atom is -0.481 e. The van der Waals surface area contributed by atoms with Gasteiger partial charge in [-0.25, -0.2) is 0 Å². The predicted molar refractivity (Wildman–Crippen MR) is 182 cm³/mol. The molecule has 4 aliphatic carbocycles. The van der Waals surface area contributed by atoms with E-state index in [2.05, 4.69) is 33.1 Å². The zero-order valence-corrected chi connectivity index (χ0v) is 30.7. The van der Waals surface area contributed by atoms with Crippen LogP contribution in [0, 0.1) is 64.8 Å². The Morgan fingerprint density at radius 1 is 1.05 bits per heavy atom. The molecule has 0 spiro atoms. The third kappa shape index (κ3) is 13.5. The summed E-state index contributed by atoms with van der Waals surface area (Å²) in [7, 11) is 0. The number of rotatable bonds is 18. The number of hydrogen-bond donors (Lipinski definition) is 3. The van der Waals surface area contributed by atoms with Gasteiger partial charge in [0.1, 0.15) is 19.8 Å². The van der Waals surface area contributed by atoms with E-state index < -0.39 is 52.6 Å². The van der Waals surface area contributed by atoms with Crippen molar-refractivity contribution in [3.63, 3.8) is 0 Å². The first-order valence-electron chi connectivity index (χ1n) is 17.4. The number of carboxylic acid groups (broad SMARTS) is 1. The summed E-state index contributed by atoms with van der Waals surface area (Å²) in [6.07, 6.45) is 7.80. The number of ketones is 2. The smallest absolute Gasteiger partial charge is 0.307 e. The van der Waals surface area contributed by atoms with Crippen molar-refractivity contribution >= 4 is 30.0 Å². The minimum absolute atomic E-state index is 0.0302. The first kappa shape index (κ1) is 45.9. The lowest BCUT2D eigenvalue weighted by atomic mass is 9.46. The SMILES string of the molecule is CC(N)CC(=O)OCC(=O)C1CCC2C3CCC4=CC(=O)C=CC4(C)C3C(O)CC12C.O=C(O)CCCO[N+](=O)[O-].O=COCC(CO[N+](=O)[O-])O[N+](=O)[O-]. The molecule has 0 aromatic carbocycles.